The Labute approximate surface area is 156 Å². The van der Waals surface area contributed by atoms with Crippen molar-refractivity contribution in [1.82, 2.24) is 9.88 Å². The van der Waals surface area contributed by atoms with Crippen LogP contribution in [-0.2, 0) is 0 Å². The molecule has 0 unspecified atom stereocenters. The van der Waals surface area contributed by atoms with Crippen LogP contribution in [-0.4, -0.2) is 35.8 Å². The molecule has 1 fully saturated rings. The molecule has 3 aromatic rings. The minimum atomic E-state index is -0.155. The number of likely N-dealkylation sites (tertiary alicyclic amines) is 1. The molecule has 2 heterocycles. The number of aromatic nitrogens is 1. The summed E-state index contributed by atoms with van der Waals surface area (Å²) in [5, 5.41) is 0. The molecule has 0 N–H and O–H groups in total. The van der Waals surface area contributed by atoms with Crippen molar-refractivity contribution in [2.75, 3.05) is 25.9 Å². The van der Waals surface area contributed by atoms with E-state index >= 15 is 0 Å². The normalized spacial score (nSPS) is 21.7. The SMILES string of the molecule is CN1CC[C@@H](c2ccc(F)cc2)[C@H](CSc2nc3ccccc3s2)C1. The first-order valence-electron chi connectivity index (χ1n) is 8.61. The zero-order valence-corrected chi connectivity index (χ0v) is 15.8. The van der Waals surface area contributed by atoms with Gasteiger partial charge in [0.05, 0.1) is 10.2 Å². The molecule has 2 atom stereocenters. The van der Waals surface area contributed by atoms with Gasteiger partial charge in [-0.05, 0) is 61.7 Å². The maximum atomic E-state index is 13.3. The first-order chi connectivity index (χ1) is 12.2. The van der Waals surface area contributed by atoms with Gasteiger partial charge in [-0.15, -0.1) is 11.3 Å². The maximum Gasteiger partial charge on any atom is 0.151 e. The highest BCUT2D eigenvalue weighted by Gasteiger charge is 2.29. The van der Waals surface area contributed by atoms with Crippen molar-refractivity contribution < 1.29 is 4.39 Å². The van der Waals surface area contributed by atoms with E-state index in [-0.39, 0.29) is 5.82 Å². The average molecular weight is 373 g/mol. The molecular formula is C20H21FN2S2. The van der Waals surface area contributed by atoms with Crippen molar-refractivity contribution in [3.8, 4) is 0 Å². The monoisotopic (exact) mass is 372 g/mol. The third kappa shape index (κ3) is 3.89. The van der Waals surface area contributed by atoms with E-state index in [4.69, 9.17) is 4.98 Å². The van der Waals surface area contributed by atoms with Gasteiger partial charge in [0.2, 0.25) is 0 Å². The number of benzene rings is 2. The van der Waals surface area contributed by atoms with Gasteiger partial charge in [-0.25, -0.2) is 9.37 Å². The van der Waals surface area contributed by atoms with Crippen LogP contribution in [0.5, 0.6) is 0 Å². The molecule has 25 heavy (non-hydrogen) atoms. The fraction of sp³-hybridized carbons (Fsp3) is 0.350. The van der Waals surface area contributed by atoms with Gasteiger partial charge in [-0.3, -0.25) is 0 Å². The summed E-state index contributed by atoms with van der Waals surface area (Å²) in [6, 6.07) is 15.4. The Morgan fingerprint density at radius 1 is 1.20 bits per heavy atom. The quantitative estimate of drug-likeness (QED) is 0.581. The number of hydrogen-bond donors (Lipinski definition) is 0. The molecule has 1 aliphatic heterocycles. The van der Waals surface area contributed by atoms with Crippen molar-refractivity contribution >= 4 is 33.3 Å². The number of para-hydroxylation sites is 1. The number of halogens is 1. The van der Waals surface area contributed by atoms with Crippen LogP contribution in [0.15, 0.2) is 52.9 Å². The predicted octanol–water partition coefficient (Wildman–Crippen LogP) is 5.26. The topological polar surface area (TPSA) is 16.1 Å². The Bertz CT molecular complexity index is 813. The van der Waals surface area contributed by atoms with Crippen molar-refractivity contribution in [1.29, 1.82) is 0 Å². The standard InChI is InChI=1S/C20H21FN2S2/c1-23-11-10-17(14-6-8-16(21)9-7-14)15(12-23)13-24-20-22-18-4-2-3-5-19(18)25-20/h2-9,15,17H,10-13H2,1H3/t15-,17-/m0/s1. The number of fused-ring (bicyclic) bond motifs is 1. The molecule has 1 saturated heterocycles. The van der Waals surface area contributed by atoms with E-state index < -0.39 is 0 Å². The van der Waals surface area contributed by atoms with E-state index in [1.165, 1.54) is 10.3 Å². The molecule has 0 spiro atoms. The first-order valence-corrected chi connectivity index (χ1v) is 10.4. The minimum Gasteiger partial charge on any atom is -0.306 e. The highest BCUT2D eigenvalue weighted by molar-refractivity contribution is 8.01. The second kappa shape index (κ2) is 7.44. The van der Waals surface area contributed by atoms with Crippen LogP contribution < -0.4 is 0 Å². The van der Waals surface area contributed by atoms with Crippen LogP contribution in [0.1, 0.15) is 17.9 Å². The van der Waals surface area contributed by atoms with Crippen molar-refractivity contribution in [2.45, 2.75) is 16.7 Å². The van der Waals surface area contributed by atoms with Gasteiger partial charge in [-0.1, -0.05) is 36.0 Å². The highest BCUT2D eigenvalue weighted by Crippen LogP contribution is 2.38. The van der Waals surface area contributed by atoms with E-state index in [0.717, 1.165) is 35.1 Å². The molecule has 1 aromatic heterocycles. The fourth-order valence-corrected chi connectivity index (χ4v) is 5.89. The van der Waals surface area contributed by atoms with Crippen LogP contribution >= 0.6 is 23.1 Å². The molecule has 130 valence electrons. The molecule has 0 amide bonds. The van der Waals surface area contributed by atoms with Gasteiger partial charge < -0.3 is 4.90 Å². The Kier molecular flexibility index (Phi) is 5.06. The molecule has 4 rings (SSSR count). The maximum absolute atomic E-state index is 13.3. The summed E-state index contributed by atoms with van der Waals surface area (Å²) in [5.74, 6) is 1.95. The Morgan fingerprint density at radius 2 is 2.00 bits per heavy atom. The Balaban J connectivity index is 1.50. The number of thioether (sulfide) groups is 1. The van der Waals surface area contributed by atoms with E-state index in [1.54, 1.807) is 23.5 Å². The van der Waals surface area contributed by atoms with Gasteiger partial charge in [0.15, 0.2) is 4.34 Å². The second-order valence-corrected chi connectivity index (χ2v) is 9.03. The van der Waals surface area contributed by atoms with Gasteiger partial charge in [0.1, 0.15) is 5.82 Å². The molecule has 1 aliphatic rings. The zero-order chi connectivity index (χ0) is 17.2. The van der Waals surface area contributed by atoms with Crippen LogP contribution in [0.2, 0.25) is 0 Å². The molecular weight excluding hydrogens is 351 g/mol. The van der Waals surface area contributed by atoms with E-state index in [9.17, 15) is 4.39 Å². The van der Waals surface area contributed by atoms with E-state index in [2.05, 4.69) is 30.1 Å². The number of piperidine rings is 1. The van der Waals surface area contributed by atoms with Crippen molar-refractivity contribution in [3.63, 3.8) is 0 Å². The zero-order valence-electron chi connectivity index (χ0n) is 14.2. The van der Waals surface area contributed by atoms with E-state index in [0.29, 0.717) is 11.8 Å². The van der Waals surface area contributed by atoms with Gasteiger partial charge >= 0.3 is 0 Å². The van der Waals surface area contributed by atoms with Gasteiger partial charge in [0.25, 0.3) is 0 Å². The fourth-order valence-electron chi connectivity index (χ4n) is 3.62. The smallest absolute Gasteiger partial charge is 0.151 e. The van der Waals surface area contributed by atoms with Gasteiger partial charge in [0, 0.05) is 12.3 Å². The summed E-state index contributed by atoms with van der Waals surface area (Å²) in [6.45, 7) is 2.18. The molecule has 0 radical (unpaired) electrons. The summed E-state index contributed by atoms with van der Waals surface area (Å²) in [7, 11) is 2.19. The van der Waals surface area contributed by atoms with Crippen LogP contribution in [0.3, 0.4) is 0 Å². The van der Waals surface area contributed by atoms with Crippen molar-refractivity contribution in [2.24, 2.45) is 5.92 Å². The molecule has 2 nitrogen and oxygen atoms in total. The highest BCUT2D eigenvalue weighted by atomic mass is 32.2. The lowest BCUT2D eigenvalue weighted by atomic mass is 9.81. The Hall–Kier alpha value is -1.43. The number of thiazole rings is 1. The lowest BCUT2D eigenvalue weighted by molar-refractivity contribution is 0.198. The first kappa shape index (κ1) is 17.0. The average Bonchev–Trinajstić information content (AvgIpc) is 3.04. The summed E-state index contributed by atoms with van der Waals surface area (Å²) >= 11 is 3.64. The predicted molar refractivity (Wildman–Crippen MR) is 105 cm³/mol. The third-order valence-corrected chi connectivity index (χ3v) is 7.30. The second-order valence-electron chi connectivity index (χ2n) is 6.73. The number of nitrogens with zero attached hydrogens (tertiary/aromatic N) is 2. The van der Waals surface area contributed by atoms with Crippen LogP contribution in [0, 0.1) is 11.7 Å². The third-order valence-electron chi connectivity index (χ3n) is 4.93. The van der Waals surface area contributed by atoms with Crippen LogP contribution in [0.25, 0.3) is 10.2 Å². The molecule has 0 aliphatic carbocycles. The summed E-state index contributed by atoms with van der Waals surface area (Å²) < 4.78 is 15.7. The summed E-state index contributed by atoms with van der Waals surface area (Å²) in [4.78, 5) is 7.15. The summed E-state index contributed by atoms with van der Waals surface area (Å²) in [5.41, 5.74) is 2.36. The molecule has 0 saturated carbocycles. The van der Waals surface area contributed by atoms with E-state index in [1.807, 2.05) is 30.0 Å². The molecule has 0 bridgehead atoms. The lowest BCUT2D eigenvalue weighted by Crippen LogP contribution is -2.38. The number of hydrogen-bond acceptors (Lipinski definition) is 4. The lowest BCUT2D eigenvalue weighted by Gasteiger charge is -2.37. The molecule has 5 heteroatoms. The Morgan fingerprint density at radius 3 is 2.80 bits per heavy atom. The van der Waals surface area contributed by atoms with Crippen molar-refractivity contribution in [3.05, 3.63) is 59.9 Å². The minimum absolute atomic E-state index is 0.155. The van der Waals surface area contributed by atoms with Gasteiger partial charge in [-0.2, -0.15) is 0 Å². The summed E-state index contributed by atoms with van der Waals surface area (Å²) in [6.07, 6.45) is 1.13. The number of rotatable bonds is 4. The molecule has 2 aromatic carbocycles. The largest absolute Gasteiger partial charge is 0.306 e. The van der Waals surface area contributed by atoms with Crippen LogP contribution in [0.4, 0.5) is 4.39 Å².